The van der Waals surface area contributed by atoms with Gasteiger partial charge in [0, 0.05) is 18.7 Å². The first-order valence-electron chi connectivity index (χ1n) is 7.39. The molecule has 0 aromatic heterocycles. The van der Waals surface area contributed by atoms with Gasteiger partial charge in [-0.25, -0.2) is 0 Å². The van der Waals surface area contributed by atoms with Crippen LogP contribution in [0.4, 0.5) is 5.69 Å². The molecule has 3 nitrogen and oxygen atoms in total. The summed E-state index contributed by atoms with van der Waals surface area (Å²) < 4.78 is 0. The summed E-state index contributed by atoms with van der Waals surface area (Å²) in [7, 11) is 0. The number of hydrogen-bond donors (Lipinski definition) is 2. The van der Waals surface area contributed by atoms with Crippen LogP contribution in [0, 0.1) is 0 Å². The Labute approximate surface area is 126 Å². The molecule has 0 aliphatic heterocycles. The number of nitrogens with two attached hydrogens (primary N) is 1. The highest BCUT2D eigenvalue weighted by Crippen LogP contribution is 2.07. The third-order valence-electron chi connectivity index (χ3n) is 3.43. The molecule has 2 aromatic rings. The largest absolute Gasteiger partial charge is 0.399 e. The first-order chi connectivity index (χ1) is 10.2. The average Bonchev–Trinajstić information content (AvgIpc) is 2.52. The Morgan fingerprint density at radius 1 is 0.905 bits per heavy atom. The van der Waals surface area contributed by atoms with Crippen molar-refractivity contribution in [3.8, 4) is 0 Å². The minimum absolute atomic E-state index is 0.111. The number of nitrogen functional groups attached to an aromatic ring is 1. The number of carbonyl (C=O) groups excluding carboxylic acids is 1. The predicted octanol–water partition coefficient (Wildman–Crippen LogP) is 2.95. The molecule has 3 N–H and O–H groups in total. The van der Waals surface area contributed by atoms with Crippen molar-refractivity contribution in [1.82, 2.24) is 5.32 Å². The van der Waals surface area contributed by atoms with Gasteiger partial charge >= 0.3 is 0 Å². The van der Waals surface area contributed by atoms with Crippen LogP contribution in [-0.4, -0.2) is 12.5 Å². The second kappa shape index (κ2) is 8.10. The number of amides is 1. The van der Waals surface area contributed by atoms with E-state index in [1.165, 1.54) is 5.56 Å². The van der Waals surface area contributed by atoms with E-state index in [1.54, 1.807) is 0 Å². The number of aryl methyl sites for hydroxylation is 2. The first kappa shape index (κ1) is 15.1. The molecule has 0 atom stereocenters. The van der Waals surface area contributed by atoms with Gasteiger partial charge < -0.3 is 11.1 Å². The molecule has 0 unspecified atom stereocenters. The molecule has 0 saturated heterocycles. The van der Waals surface area contributed by atoms with Crippen molar-refractivity contribution in [3.05, 3.63) is 65.7 Å². The average molecular weight is 282 g/mol. The third kappa shape index (κ3) is 5.69. The number of carbonyl (C=O) groups is 1. The second-order valence-corrected chi connectivity index (χ2v) is 5.18. The first-order valence-corrected chi connectivity index (χ1v) is 7.39. The molecule has 21 heavy (non-hydrogen) atoms. The minimum atomic E-state index is 0.111. The van der Waals surface area contributed by atoms with Crippen molar-refractivity contribution < 1.29 is 4.79 Å². The van der Waals surface area contributed by atoms with Gasteiger partial charge in [-0.2, -0.15) is 0 Å². The molecule has 3 heteroatoms. The Hall–Kier alpha value is -2.29. The molecule has 2 aromatic carbocycles. The van der Waals surface area contributed by atoms with E-state index >= 15 is 0 Å². The summed E-state index contributed by atoms with van der Waals surface area (Å²) in [5, 5.41) is 2.97. The molecular weight excluding hydrogens is 260 g/mol. The zero-order valence-electron chi connectivity index (χ0n) is 12.2. The van der Waals surface area contributed by atoms with Gasteiger partial charge in [0.05, 0.1) is 0 Å². The van der Waals surface area contributed by atoms with Crippen molar-refractivity contribution in [2.24, 2.45) is 0 Å². The molecule has 2 rings (SSSR count). The monoisotopic (exact) mass is 282 g/mol. The van der Waals surface area contributed by atoms with Gasteiger partial charge in [0.25, 0.3) is 0 Å². The molecule has 0 heterocycles. The lowest BCUT2D eigenvalue weighted by atomic mass is 10.1. The second-order valence-electron chi connectivity index (χ2n) is 5.18. The molecule has 0 aliphatic rings. The maximum absolute atomic E-state index is 11.8. The van der Waals surface area contributed by atoms with Crippen molar-refractivity contribution in [1.29, 1.82) is 0 Å². The van der Waals surface area contributed by atoms with E-state index in [4.69, 9.17) is 5.73 Å². The Morgan fingerprint density at radius 3 is 2.29 bits per heavy atom. The predicted molar refractivity (Wildman–Crippen MR) is 86.9 cm³/mol. The zero-order chi connectivity index (χ0) is 14.9. The molecule has 0 saturated carbocycles. The molecule has 0 radical (unpaired) electrons. The SMILES string of the molecule is Nc1ccc(CCC(=O)NCCCc2ccccc2)cc1. The molecule has 0 aliphatic carbocycles. The van der Waals surface area contributed by atoms with Crippen LogP contribution in [0.3, 0.4) is 0 Å². The summed E-state index contributed by atoms with van der Waals surface area (Å²) in [4.78, 5) is 11.8. The van der Waals surface area contributed by atoms with Crippen molar-refractivity contribution in [3.63, 3.8) is 0 Å². The highest BCUT2D eigenvalue weighted by Gasteiger charge is 2.02. The van der Waals surface area contributed by atoms with E-state index in [0.717, 1.165) is 37.1 Å². The van der Waals surface area contributed by atoms with Gasteiger partial charge in [-0.05, 0) is 42.5 Å². The highest BCUT2D eigenvalue weighted by molar-refractivity contribution is 5.76. The maximum atomic E-state index is 11.8. The standard InChI is InChI=1S/C18H22N2O/c19-17-11-8-16(9-12-17)10-13-18(21)20-14-4-7-15-5-2-1-3-6-15/h1-3,5-6,8-9,11-12H,4,7,10,13-14,19H2,(H,20,21). The summed E-state index contributed by atoms with van der Waals surface area (Å²) >= 11 is 0. The summed E-state index contributed by atoms with van der Waals surface area (Å²) in [6.07, 6.45) is 3.25. The summed E-state index contributed by atoms with van der Waals surface area (Å²) in [5.41, 5.74) is 8.84. The summed E-state index contributed by atoms with van der Waals surface area (Å²) in [5.74, 6) is 0.111. The van der Waals surface area contributed by atoms with E-state index in [1.807, 2.05) is 42.5 Å². The van der Waals surface area contributed by atoms with E-state index in [9.17, 15) is 4.79 Å². The molecule has 1 amide bonds. The molecule has 0 fully saturated rings. The molecule has 0 spiro atoms. The van der Waals surface area contributed by atoms with Crippen LogP contribution >= 0.6 is 0 Å². The van der Waals surface area contributed by atoms with Crippen LogP contribution in [0.5, 0.6) is 0 Å². The smallest absolute Gasteiger partial charge is 0.220 e. The number of nitrogens with one attached hydrogen (secondary N) is 1. The summed E-state index contributed by atoms with van der Waals surface area (Å²) in [6, 6.07) is 18.0. The lowest BCUT2D eigenvalue weighted by Crippen LogP contribution is -2.24. The van der Waals surface area contributed by atoms with Crippen LogP contribution in [0.2, 0.25) is 0 Å². The maximum Gasteiger partial charge on any atom is 0.220 e. The molecule has 110 valence electrons. The van der Waals surface area contributed by atoms with Crippen LogP contribution in [0.25, 0.3) is 0 Å². The number of benzene rings is 2. The fourth-order valence-electron chi connectivity index (χ4n) is 2.20. The van der Waals surface area contributed by atoms with E-state index in [2.05, 4.69) is 17.4 Å². The highest BCUT2D eigenvalue weighted by atomic mass is 16.1. The Morgan fingerprint density at radius 2 is 1.57 bits per heavy atom. The van der Waals surface area contributed by atoms with Gasteiger partial charge in [0.1, 0.15) is 0 Å². The fraction of sp³-hybridized carbons (Fsp3) is 0.278. The number of anilines is 1. The van der Waals surface area contributed by atoms with E-state index < -0.39 is 0 Å². The molecule has 0 bridgehead atoms. The van der Waals surface area contributed by atoms with Gasteiger partial charge in [0.2, 0.25) is 5.91 Å². The van der Waals surface area contributed by atoms with Crippen molar-refractivity contribution in [2.45, 2.75) is 25.7 Å². The van der Waals surface area contributed by atoms with Crippen LogP contribution in [0.15, 0.2) is 54.6 Å². The van der Waals surface area contributed by atoms with E-state index in [0.29, 0.717) is 6.42 Å². The Bertz CT molecular complexity index is 549. The summed E-state index contributed by atoms with van der Waals surface area (Å²) in [6.45, 7) is 0.732. The van der Waals surface area contributed by atoms with Gasteiger partial charge in [-0.15, -0.1) is 0 Å². The minimum Gasteiger partial charge on any atom is -0.399 e. The van der Waals surface area contributed by atoms with Crippen LogP contribution < -0.4 is 11.1 Å². The quantitative estimate of drug-likeness (QED) is 0.606. The third-order valence-corrected chi connectivity index (χ3v) is 3.43. The zero-order valence-corrected chi connectivity index (χ0v) is 12.2. The normalized spacial score (nSPS) is 10.3. The van der Waals surface area contributed by atoms with Crippen molar-refractivity contribution >= 4 is 11.6 Å². The lowest BCUT2D eigenvalue weighted by molar-refractivity contribution is -0.121. The topological polar surface area (TPSA) is 55.1 Å². The van der Waals surface area contributed by atoms with Gasteiger partial charge in [-0.1, -0.05) is 42.5 Å². The van der Waals surface area contributed by atoms with Crippen molar-refractivity contribution in [2.75, 3.05) is 12.3 Å². The Kier molecular flexibility index (Phi) is 5.83. The number of hydrogen-bond acceptors (Lipinski definition) is 2. The van der Waals surface area contributed by atoms with Crippen LogP contribution in [0.1, 0.15) is 24.0 Å². The molecular formula is C18H22N2O. The van der Waals surface area contributed by atoms with E-state index in [-0.39, 0.29) is 5.91 Å². The van der Waals surface area contributed by atoms with Crippen LogP contribution in [-0.2, 0) is 17.6 Å². The fourth-order valence-corrected chi connectivity index (χ4v) is 2.20. The van der Waals surface area contributed by atoms with Gasteiger partial charge in [0.15, 0.2) is 0 Å². The number of rotatable bonds is 7. The Balaban J connectivity index is 1.60. The lowest BCUT2D eigenvalue weighted by Gasteiger charge is -2.06. The van der Waals surface area contributed by atoms with Gasteiger partial charge in [-0.3, -0.25) is 4.79 Å².